The highest BCUT2D eigenvalue weighted by atomic mass is 16.3. The van der Waals surface area contributed by atoms with Crippen LogP contribution >= 0.6 is 0 Å². The van der Waals surface area contributed by atoms with Crippen LogP contribution in [0.2, 0.25) is 0 Å². The molecule has 60 heavy (non-hydrogen) atoms. The second-order valence-corrected chi connectivity index (χ2v) is 15.6. The van der Waals surface area contributed by atoms with Crippen molar-refractivity contribution in [2.24, 2.45) is 0 Å². The van der Waals surface area contributed by atoms with Gasteiger partial charge in [0.1, 0.15) is 11.2 Å². The van der Waals surface area contributed by atoms with Crippen molar-refractivity contribution in [3.8, 4) is 33.4 Å². The molecule has 2 nitrogen and oxygen atoms in total. The van der Waals surface area contributed by atoms with Gasteiger partial charge in [-0.3, -0.25) is 0 Å². The van der Waals surface area contributed by atoms with Gasteiger partial charge in [-0.1, -0.05) is 182 Å². The Hall–Kier alpha value is -7.94. The predicted octanol–water partition coefficient (Wildman–Crippen LogP) is 16.7. The number of para-hydroxylation sites is 1. The number of hydrogen-bond acceptors (Lipinski definition) is 2. The lowest BCUT2D eigenvalue weighted by Gasteiger charge is -2.28. The molecule has 1 heterocycles. The fourth-order valence-electron chi connectivity index (χ4n) is 9.55. The topological polar surface area (TPSA) is 16.4 Å². The van der Waals surface area contributed by atoms with Crippen molar-refractivity contribution < 1.29 is 4.42 Å². The van der Waals surface area contributed by atoms with Crippen LogP contribution in [0.1, 0.15) is 0 Å². The van der Waals surface area contributed by atoms with E-state index in [1.54, 1.807) is 0 Å². The number of anilines is 3. The van der Waals surface area contributed by atoms with E-state index in [4.69, 9.17) is 4.42 Å². The first-order valence-corrected chi connectivity index (χ1v) is 20.6. The molecule has 0 saturated carbocycles. The van der Waals surface area contributed by atoms with E-state index in [1.165, 1.54) is 70.9 Å². The quantitative estimate of drug-likeness (QED) is 0.157. The van der Waals surface area contributed by atoms with E-state index in [1.807, 2.05) is 6.07 Å². The van der Waals surface area contributed by atoms with Crippen LogP contribution in [0.5, 0.6) is 0 Å². The van der Waals surface area contributed by atoms with Gasteiger partial charge in [0.15, 0.2) is 0 Å². The predicted molar refractivity (Wildman–Crippen MR) is 255 cm³/mol. The van der Waals surface area contributed by atoms with Gasteiger partial charge >= 0.3 is 0 Å². The number of rotatable bonds is 6. The molecule has 0 spiro atoms. The van der Waals surface area contributed by atoms with Crippen molar-refractivity contribution in [2.75, 3.05) is 4.90 Å². The fraction of sp³-hybridized carbons (Fsp3) is 0. The van der Waals surface area contributed by atoms with Gasteiger partial charge in [0.25, 0.3) is 0 Å². The van der Waals surface area contributed by atoms with E-state index in [2.05, 4.69) is 223 Å². The monoisotopic (exact) mass is 763 g/mol. The van der Waals surface area contributed by atoms with Crippen LogP contribution in [-0.4, -0.2) is 0 Å². The fourth-order valence-corrected chi connectivity index (χ4v) is 9.55. The Bertz CT molecular complexity index is 3590. The van der Waals surface area contributed by atoms with Gasteiger partial charge in [-0.2, -0.15) is 0 Å². The standard InChI is InChI=1S/C58H37NO/c1-3-16-39(17-4-1)56-49-25-12-10-23-46(49)47-35-32-41(36-51(47)57(56)40-18-5-2-6-19-40)38-30-33-43(34-31-38)59(52-27-15-29-55-58(52)50-26-13-14-28-54(50)60-55)53-37-42-20-7-8-21-44(42)45-22-9-11-24-48(45)53/h1-37H. The average molecular weight is 764 g/mol. The van der Waals surface area contributed by atoms with Crippen molar-refractivity contribution in [3.05, 3.63) is 224 Å². The van der Waals surface area contributed by atoms with Crippen LogP contribution in [0.25, 0.3) is 98.4 Å². The number of benzene rings is 11. The number of fused-ring (bicyclic) bond motifs is 9. The first-order chi connectivity index (χ1) is 29.8. The van der Waals surface area contributed by atoms with Crippen molar-refractivity contribution in [2.45, 2.75) is 0 Å². The minimum Gasteiger partial charge on any atom is -0.456 e. The zero-order chi connectivity index (χ0) is 39.6. The summed E-state index contributed by atoms with van der Waals surface area (Å²) < 4.78 is 6.46. The lowest BCUT2D eigenvalue weighted by molar-refractivity contribution is 0.669. The molecule has 0 radical (unpaired) electrons. The molecule has 12 aromatic rings. The highest BCUT2D eigenvalue weighted by Gasteiger charge is 2.23. The third-order valence-electron chi connectivity index (χ3n) is 12.2. The third-order valence-corrected chi connectivity index (χ3v) is 12.2. The van der Waals surface area contributed by atoms with Crippen LogP contribution in [-0.2, 0) is 0 Å². The Morgan fingerprint density at radius 1 is 0.283 bits per heavy atom. The summed E-state index contributed by atoms with van der Waals surface area (Å²) in [7, 11) is 0. The molecule has 0 fully saturated rings. The molecule has 0 aliphatic carbocycles. The lowest BCUT2D eigenvalue weighted by atomic mass is 9.84. The molecule has 1 aromatic heterocycles. The largest absolute Gasteiger partial charge is 0.456 e. The molecule has 2 heteroatoms. The van der Waals surface area contributed by atoms with Crippen LogP contribution in [0.3, 0.4) is 0 Å². The Kier molecular flexibility index (Phi) is 7.89. The summed E-state index contributed by atoms with van der Waals surface area (Å²) in [6, 6.07) is 81.3. The molecule has 0 bridgehead atoms. The molecule has 0 unspecified atom stereocenters. The van der Waals surface area contributed by atoms with E-state index in [-0.39, 0.29) is 0 Å². The summed E-state index contributed by atoms with van der Waals surface area (Å²) in [6.45, 7) is 0. The normalized spacial score (nSPS) is 11.7. The van der Waals surface area contributed by atoms with Gasteiger partial charge < -0.3 is 9.32 Å². The summed E-state index contributed by atoms with van der Waals surface area (Å²) >= 11 is 0. The van der Waals surface area contributed by atoms with Crippen LogP contribution in [0.4, 0.5) is 17.1 Å². The van der Waals surface area contributed by atoms with Crippen molar-refractivity contribution in [1.82, 2.24) is 0 Å². The Morgan fingerprint density at radius 3 is 1.55 bits per heavy atom. The van der Waals surface area contributed by atoms with Gasteiger partial charge in [0.2, 0.25) is 0 Å². The first-order valence-electron chi connectivity index (χ1n) is 20.6. The Morgan fingerprint density at radius 2 is 0.817 bits per heavy atom. The second kappa shape index (κ2) is 13.9. The number of hydrogen-bond donors (Lipinski definition) is 0. The van der Waals surface area contributed by atoms with E-state index in [9.17, 15) is 0 Å². The Labute approximate surface area is 347 Å². The SMILES string of the molecule is c1ccc(-c2c(-c3ccccc3)c3cc(-c4ccc(N(c5cc6ccccc6c6ccccc56)c5cccc6oc7ccccc7c56)cc4)ccc3c3ccccc23)cc1. The van der Waals surface area contributed by atoms with E-state index >= 15 is 0 Å². The molecule has 0 aliphatic rings. The zero-order valence-corrected chi connectivity index (χ0v) is 32.7. The average Bonchev–Trinajstić information content (AvgIpc) is 3.71. The molecule has 12 rings (SSSR count). The minimum atomic E-state index is 0.869. The maximum absolute atomic E-state index is 6.46. The summed E-state index contributed by atoms with van der Waals surface area (Å²) in [5.41, 5.74) is 12.3. The Balaban J connectivity index is 1.08. The highest BCUT2D eigenvalue weighted by molar-refractivity contribution is 6.22. The number of nitrogens with zero attached hydrogens (tertiary/aromatic N) is 1. The van der Waals surface area contributed by atoms with Crippen LogP contribution in [0, 0.1) is 0 Å². The molecule has 0 N–H and O–H groups in total. The van der Waals surface area contributed by atoms with Gasteiger partial charge in [0, 0.05) is 16.5 Å². The first kappa shape index (κ1) is 34.1. The molecule has 280 valence electrons. The van der Waals surface area contributed by atoms with E-state index in [0.29, 0.717) is 0 Å². The summed E-state index contributed by atoms with van der Waals surface area (Å²) in [5.74, 6) is 0. The molecule has 0 aliphatic heterocycles. The number of furan rings is 1. The molecular formula is C58H37NO. The summed E-state index contributed by atoms with van der Waals surface area (Å²) in [4.78, 5) is 2.43. The summed E-state index contributed by atoms with van der Waals surface area (Å²) in [6.07, 6.45) is 0. The minimum absolute atomic E-state index is 0.869. The van der Waals surface area contributed by atoms with E-state index in [0.717, 1.165) is 44.6 Å². The second-order valence-electron chi connectivity index (χ2n) is 15.6. The smallest absolute Gasteiger partial charge is 0.137 e. The van der Waals surface area contributed by atoms with Crippen LogP contribution in [0.15, 0.2) is 229 Å². The van der Waals surface area contributed by atoms with Gasteiger partial charge in [0.05, 0.1) is 16.8 Å². The highest BCUT2D eigenvalue weighted by Crippen LogP contribution is 2.48. The molecular weight excluding hydrogens is 727 g/mol. The lowest BCUT2D eigenvalue weighted by Crippen LogP contribution is -2.11. The molecule has 11 aromatic carbocycles. The van der Waals surface area contributed by atoms with Gasteiger partial charge in [-0.05, 0) is 114 Å². The van der Waals surface area contributed by atoms with Crippen molar-refractivity contribution in [3.63, 3.8) is 0 Å². The van der Waals surface area contributed by atoms with Crippen molar-refractivity contribution in [1.29, 1.82) is 0 Å². The van der Waals surface area contributed by atoms with Gasteiger partial charge in [-0.25, -0.2) is 0 Å². The van der Waals surface area contributed by atoms with Crippen molar-refractivity contribution >= 4 is 82.1 Å². The zero-order valence-electron chi connectivity index (χ0n) is 32.7. The maximum Gasteiger partial charge on any atom is 0.137 e. The van der Waals surface area contributed by atoms with E-state index < -0.39 is 0 Å². The third kappa shape index (κ3) is 5.42. The van der Waals surface area contributed by atoms with Gasteiger partial charge in [-0.15, -0.1) is 0 Å². The summed E-state index contributed by atoms with van der Waals surface area (Å²) in [5, 5.41) is 12.1. The molecule has 0 amide bonds. The molecule has 0 atom stereocenters. The maximum atomic E-state index is 6.46. The molecule has 0 saturated heterocycles. The van der Waals surface area contributed by atoms with Crippen LogP contribution < -0.4 is 4.90 Å².